The number of halogens is 3. The molecule has 0 saturated carbocycles. The van der Waals surface area contributed by atoms with Crippen molar-refractivity contribution in [1.82, 2.24) is 10.6 Å². The molecule has 0 bridgehead atoms. The van der Waals surface area contributed by atoms with Crippen LogP contribution in [-0.2, 0) is 11.3 Å². The molecule has 0 unspecified atom stereocenters. The van der Waals surface area contributed by atoms with Gasteiger partial charge in [0.05, 0.1) is 6.54 Å². The van der Waals surface area contributed by atoms with E-state index in [1.165, 1.54) is 0 Å². The third kappa shape index (κ3) is 8.51. The van der Waals surface area contributed by atoms with E-state index < -0.39 is 24.4 Å². The molecule has 0 fully saturated rings. The molecule has 0 spiro atoms. The van der Waals surface area contributed by atoms with Crippen molar-refractivity contribution in [2.24, 2.45) is 0 Å². The zero-order chi connectivity index (χ0) is 16.6. The van der Waals surface area contributed by atoms with Crippen LogP contribution in [0.4, 0.5) is 18.0 Å². The van der Waals surface area contributed by atoms with E-state index in [0.717, 1.165) is 5.56 Å². The molecule has 0 aliphatic carbocycles. The maximum absolute atomic E-state index is 12.0. The number of amides is 1. The number of alkyl halides is 3. The van der Waals surface area contributed by atoms with Crippen LogP contribution in [0.1, 0.15) is 25.8 Å². The Hall–Kier alpha value is -1.76. The maximum Gasteiger partial charge on any atom is 0.407 e. The summed E-state index contributed by atoms with van der Waals surface area (Å²) < 4.78 is 41.1. The van der Waals surface area contributed by atoms with Gasteiger partial charge in [0.1, 0.15) is 6.61 Å². The molecular weight excluding hydrogens is 297 g/mol. The van der Waals surface area contributed by atoms with Crippen molar-refractivity contribution in [2.45, 2.75) is 38.6 Å². The Balaban J connectivity index is 2.26. The summed E-state index contributed by atoms with van der Waals surface area (Å²) in [6.07, 6.45) is -4.47. The second kappa shape index (κ2) is 8.03. The zero-order valence-corrected chi connectivity index (χ0v) is 12.7. The van der Waals surface area contributed by atoms with Gasteiger partial charge >= 0.3 is 12.3 Å². The molecule has 0 aliphatic rings. The van der Waals surface area contributed by atoms with Gasteiger partial charge in [0.25, 0.3) is 0 Å². The van der Waals surface area contributed by atoms with Crippen molar-refractivity contribution >= 4 is 6.09 Å². The first-order valence-corrected chi connectivity index (χ1v) is 6.94. The minimum absolute atomic E-state index is 0.144. The lowest BCUT2D eigenvalue weighted by Gasteiger charge is -2.26. The summed E-state index contributed by atoms with van der Waals surface area (Å²) in [5.41, 5.74) is 0.203. The van der Waals surface area contributed by atoms with E-state index in [1.807, 2.05) is 30.3 Å². The van der Waals surface area contributed by atoms with Crippen LogP contribution in [0.3, 0.4) is 0 Å². The molecule has 1 aromatic carbocycles. The highest BCUT2D eigenvalue weighted by Crippen LogP contribution is 2.13. The Labute approximate surface area is 128 Å². The molecule has 0 aliphatic heterocycles. The van der Waals surface area contributed by atoms with Crippen LogP contribution >= 0.6 is 0 Å². The third-order valence-corrected chi connectivity index (χ3v) is 2.91. The van der Waals surface area contributed by atoms with Gasteiger partial charge in [-0.15, -0.1) is 0 Å². The predicted molar refractivity (Wildman–Crippen MR) is 77.4 cm³/mol. The summed E-state index contributed by atoms with van der Waals surface area (Å²) in [5, 5.41) is 4.94. The van der Waals surface area contributed by atoms with Gasteiger partial charge in [0.2, 0.25) is 0 Å². The van der Waals surface area contributed by atoms with Crippen LogP contribution in [0.15, 0.2) is 30.3 Å². The van der Waals surface area contributed by atoms with Gasteiger partial charge in [0.15, 0.2) is 0 Å². The summed E-state index contributed by atoms with van der Waals surface area (Å²) in [4.78, 5) is 11.7. The molecule has 124 valence electrons. The Morgan fingerprint density at radius 3 is 2.41 bits per heavy atom. The smallest absolute Gasteiger partial charge is 0.407 e. The lowest BCUT2D eigenvalue weighted by atomic mass is 10.0. The van der Waals surface area contributed by atoms with Crippen LogP contribution in [0.5, 0.6) is 0 Å². The number of ether oxygens (including phenoxy) is 1. The molecule has 0 heterocycles. The molecule has 0 atom stereocenters. The Bertz CT molecular complexity index is 462. The lowest BCUT2D eigenvalue weighted by molar-refractivity contribution is -0.124. The van der Waals surface area contributed by atoms with E-state index in [2.05, 4.69) is 10.6 Å². The predicted octanol–water partition coefficient (Wildman–Crippen LogP) is 3.23. The number of carbonyl (C=O) groups excluding carboxylic acids is 1. The molecular formula is C15H21F3N2O2. The van der Waals surface area contributed by atoms with Gasteiger partial charge in [-0.3, -0.25) is 0 Å². The molecule has 4 nitrogen and oxygen atoms in total. The van der Waals surface area contributed by atoms with Gasteiger partial charge in [0, 0.05) is 5.54 Å². The second-order valence-corrected chi connectivity index (χ2v) is 5.61. The summed E-state index contributed by atoms with van der Waals surface area (Å²) in [5.74, 6) is 0. The monoisotopic (exact) mass is 318 g/mol. The van der Waals surface area contributed by atoms with E-state index in [0.29, 0.717) is 6.42 Å². The number of nitrogens with one attached hydrogen (secondary N) is 2. The normalized spacial score (nSPS) is 12.0. The fraction of sp³-hybridized carbons (Fsp3) is 0.533. The fourth-order valence-electron chi connectivity index (χ4n) is 1.73. The van der Waals surface area contributed by atoms with Crippen LogP contribution in [-0.4, -0.2) is 30.9 Å². The Morgan fingerprint density at radius 1 is 1.18 bits per heavy atom. The highest BCUT2D eigenvalue weighted by molar-refractivity contribution is 5.68. The van der Waals surface area contributed by atoms with Gasteiger partial charge in [-0.25, -0.2) is 4.79 Å². The third-order valence-electron chi connectivity index (χ3n) is 2.91. The molecule has 1 amide bonds. The van der Waals surface area contributed by atoms with Crippen LogP contribution < -0.4 is 10.6 Å². The first-order valence-electron chi connectivity index (χ1n) is 6.94. The molecule has 0 aromatic heterocycles. The Morgan fingerprint density at radius 2 is 1.82 bits per heavy atom. The zero-order valence-electron chi connectivity index (χ0n) is 12.7. The van der Waals surface area contributed by atoms with Gasteiger partial charge in [-0.1, -0.05) is 30.3 Å². The minimum atomic E-state index is -4.23. The number of alkyl carbamates (subject to hydrolysis) is 1. The van der Waals surface area contributed by atoms with Crippen molar-refractivity contribution in [3.8, 4) is 0 Å². The lowest BCUT2D eigenvalue weighted by Crippen LogP contribution is -2.46. The van der Waals surface area contributed by atoms with Crippen molar-refractivity contribution in [2.75, 3.05) is 13.1 Å². The average molecular weight is 318 g/mol. The van der Waals surface area contributed by atoms with E-state index in [1.54, 1.807) is 13.8 Å². The number of hydrogen-bond donors (Lipinski definition) is 2. The highest BCUT2D eigenvalue weighted by Gasteiger charge is 2.27. The van der Waals surface area contributed by atoms with Crippen molar-refractivity contribution in [3.05, 3.63) is 35.9 Å². The molecule has 2 N–H and O–H groups in total. The largest absolute Gasteiger partial charge is 0.445 e. The second-order valence-electron chi connectivity index (χ2n) is 5.61. The van der Waals surface area contributed by atoms with Crippen molar-refractivity contribution < 1.29 is 22.7 Å². The van der Waals surface area contributed by atoms with Gasteiger partial charge < -0.3 is 15.4 Å². The molecule has 0 saturated heterocycles. The topological polar surface area (TPSA) is 50.4 Å². The summed E-state index contributed by atoms with van der Waals surface area (Å²) in [6.45, 7) is 2.71. The molecule has 7 heteroatoms. The fourth-order valence-corrected chi connectivity index (χ4v) is 1.73. The van der Waals surface area contributed by atoms with E-state index >= 15 is 0 Å². The first-order chi connectivity index (χ1) is 10.2. The first kappa shape index (κ1) is 18.3. The van der Waals surface area contributed by atoms with Crippen molar-refractivity contribution in [1.29, 1.82) is 0 Å². The molecule has 1 rings (SSSR count). The molecule has 1 aromatic rings. The summed E-state index contributed by atoms with van der Waals surface area (Å²) >= 11 is 0. The van der Waals surface area contributed by atoms with E-state index in [9.17, 15) is 18.0 Å². The van der Waals surface area contributed by atoms with E-state index in [4.69, 9.17) is 4.74 Å². The van der Waals surface area contributed by atoms with Gasteiger partial charge in [-0.05, 0) is 32.4 Å². The highest BCUT2D eigenvalue weighted by atomic mass is 19.4. The maximum atomic E-state index is 12.0. The quantitative estimate of drug-likeness (QED) is 0.759. The average Bonchev–Trinajstić information content (AvgIpc) is 2.41. The SMILES string of the molecule is CC(C)(CCNCC(F)(F)F)NC(=O)OCc1ccccc1. The number of benzene rings is 1. The number of hydrogen-bond acceptors (Lipinski definition) is 3. The number of carbonyl (C=O) groups is 1. The standard InChI is InChI=1S/C15H21F3N2O2/c1-14(2,8-9-19-11-15(16,17)18)20-13(21)22-10-12-6-4-3-5-7-12/h3-7,19H,8-11H2,1-2H3,(H,20,21). The van der Waals surface area contributed by atoms with Gasteiger partial charge in [-0.2, -0.15) is 13.2 Å². The summed E-state index contributed by atoms with van der Waals surface area (Å²) in [7, 11) is 0. The Kier molecular flexibility index (Phi) is 6.67. The van der Waals surface area contributed by atoms with Crippen LogP contribution in [0.2, 0.25) is 0 Å². The van der Waals surface area contributed by atoms with Crippen molar-refractivity contribution in [3.63, 3.8) is 0 Å². The van der Waals surface area contributed by atoms with Crippen LogP contribution in [0.25, 0.3) is 0 Å². The summed E-state index contributed by atoms with van der Waals surface area (Å²) in [6, 6.07) is 9.21. The minimum Gasteiger partial charge on any atom is -0.445 e. The number of rotatable bonds is 7. The molecule has 0 radical (unpaired) electrons. The molecule has 22 heavy (non-hydrogen) atoms. The van der Waals surface area contributed by atoms with E-state index in [-0.39, 0.29) is 13.2 Å². The van der Waals surface area contributed by atoms with Crippen LogP contribution in [0, 0.1) is 0 Å².